The molecule has 1 N–H and O–H groups in total. The molecule has 2 aromatic carbocycles. The van der Waals surface area contributed by atoms with Crippen LogP contribution in [0.4, 0.5) is 17.1 Å². The van der Waals surface area contributed by atoms with Crippen molar-refractivity contribution >= 4 is 33.0 Å². The number of methoxy groups -OCH3 is 1. The molecule has 0 atom stereocenters. The van der Waals surface area contributed by atoms with Gasteiger partial charge in [-0.15, -0.1) is 4.91 Å². The number of benzene rings is 2. The van der Waals surface area contributed by atoms with Crippen LogP contribution in [0.25, 0.3) is 0 Å². The standard InChI is InChI=1S/C14H13BrN2O2/c1-9-7-11(19-2)4-6-12(9)16-14-8-10(15)3-5-13(14)17-18/h3-8,16H,1-2H3. The van der Waals surface area contributed by atoms with Gasteiger partial charge in [0.2, 0.25) is 0 Å². The van der Waals surface area contributed by atoms with Crippen molar-refractivity contribution in [2.45, 2.75) is 6.92 Å². The normalized spacial score (nSPS) is 10.1. The third-order valence-corrected chi connectivity index (χ3v) is 3.25. The van der Waals surface area contributed by atoms with Gasteiger partial charge < -0.3 is 10.1 Å². The van der Waals surface area contributed by atoms with Crippen LogP contribution in [0, 0.1) is 11.8 Å². The largest absolute Gasteiger partial charge is 0.497 e. The second kappa shape index (κ2) is 5.84. The highest BCUT2D eigenvalue weighted by atomic mass is 79.9. The van der Waals surface area contributed by atoms with E-state index in [0.717, 1.165) is 21.5 Å². The Morgan fingerprint density at radius 1 is 1.16 bits per heavy atom. The first-order valence-electron chi connectivity index (χ1n) is 5.68. The molecule has 5 heteroatoms. The maximum atomic E-state index is 10.8. The summed E-state index contributed by atoms with van der Waals surface area (Å²) in [5.41, 5.74) is 2.97. The molecule has 0 bridgehead atoms. The molecule has 0 aliphatic rings. The molecule has 2 aromatic rings. The van der Waals surface area contributed by atoms with Gasteiger partial charge in [0.15, 0.2) is 0 Å². The molecule has 98 valence electrons. The Morgan fingerprint density at radius 2 is 1.95 bits per heavy atom. The fraction of sp³-hybridized carbons (Fsp3) is 0.143. The lowest BCUT2D eigenvalue weighted by Crippen LogP contribution is -1.94. The number of nitrogens with one attached hydrogen (secondary N) is 1. The van der Waals surface area contributed by atoms with Gasteiger partial charge in [0, 0.05) is 10.2 Å². The molecular weight excluding hydrogens is 308 g/mol. The maximum absolute atomic E-state index is 10.8. The fourth-order valence-electron chi connectivity index (χ4n) is 1.74. The third kappa shape index (κ3) is 3.12. The van der Waals surface area contributed by atoms with Crippen LogP contribution in [0.1, 0.15) is 5.56 Å². The van der Waals surface area contributed by atoms with Gasteiger partial charge in [-0.2, -0.15) is 0 Å². The first kappa shape index (κ1) is 13.5. The van der Waals surface area contributed by atoms with Crippen LogP contribution in [0.3, 0.4) is 0 Å². The summed E-state index contributed by atoms with van der Waals surface area (Å²) in [5.74, 6) is 0.797. The van der Waals surface area contributed by atoms with Crippen LogP contribution in [0.15, 0.2) is 46.0 Å². The summed E-state index contributed by atoms with van der Waals surface area (Å²) in [5, 5.41) is 6.22. The summed E-state index contributed by atoms with van der Waals surface area (Å²) in [6, 6.07) is 11.0. The topological polar surface area (TPSA) is 50.7 Å². The Morgan fingerprint density at radius 3 is 2.58 bits per heavy atom. The SMILES string of the molecule is COc1ccc(Nc2cc(Br)ccc2N=O)c(C)c1. The molecule has 2 rings (SSSR count). The first-order valence-corrected chi connectivity index (χ1v) is 6.48. The van der Waals surface area contributed by atoms with Gasteiger partial charge >= 0.3 is 0 Å². The zero-order valence-corrected chi connectivity index (χ0v) is 12.2. The maximum Gasteiger partial charge on any atom is 0.131 e. The Balaban J connectivity index is 2.35. The summed E-state index contributed by atoms with van der Waals surface area (Å²) in [6.45, 7) is 1.97. The minimum Gasteiger partial charge on any atom is -0.497 e. The molecule has 0 fully saturated rings. The second-order valence-electron chi connectivity index (χ2n) is 4.06. The monoisotopic (exact) mass is 320 g/mol. The molecule has 0 heterocycles. The Labute approximate surface area is 119 Å². The average Bonchev–Trinajstić information content (AvgIpc) is 2.41. The van der Waals surface area contributed by atoms with Crippen molar-refractivity contribution in [1.29, 1.82) is 0 Å². The summed E-state index contributed by atoms with van der Waals surface area (Å²) in [7, 11) is 1.63. The van der Waals surface area contributed by atoms with E-state index in [-0.39, 0.29) is 0 Å². The summed E-state index contributed by atoms with van der Waals surface area (Å²) >= 11 is 3.38. The fourth-order valence-corrected chi connectivity index (χ4v) is 2.10. The molecule has 0 aliphatic carbocycles. The number of rotatable bonds is 4. The van der Waals surface area contributed by atoms with Crippen LogP contribution in [-0.4, -0.2) is 7.11 Å². The lowest BCUT2D eigenvalue weighted by atomic mass is 10.1. The molecule has 19 heavy (non-hydrogen) atoms. The van der Waals surface area contributed by atoms with Gasteiger partial charge in [-0.3, -0.25) is 0 Å². The number of nitroso groups, excluding NO2 is 1. The quantitative estimate of drug-likeness (QED) is 0.814. The zero-order chi connectivity index (χ0) is 13.8. The minimum absolute atomic E-state index is 0.374. The van der Waals surface area contributed by atoms with Crippen LogP contribution in [-0.2, 0) is 0 Å². The Kier molecular flexibility index (Phi) is 4.16. The predicted octanol–water partition coefficient (Wildman–Crippen LogP) is 4.91. The van der Waals surface area contributed by atoms with E-state index >= 15 is 0 Å². The van der Waals surface area contributed by atoms with E-state index in [1.54, 1.807) is 19.2 Å². The summed E-state index contributed by atoms with van der Waals surface area (Å²) < 4.78 is 6.04. The van der Waals surface area contributed by atoms with Crippen molar-refractivity contribution in [3.8, 4) is 5.75 Å². The summed E-state index contributed by atoms with van der Waals surface area (Å²) in [4.78, 5) is 10.8. The molecule has 0 unspecified atom stereocenters. The molecule has 4 nitrogen and oxygen atoms in total. The highest BCUT2D eigenvalue weighted by Gasteiger charge is 2.06. The zero-order valence-electron chi connectivity index (χ0n) is 10.6. The van der Waals surface area contributed by atoms with Crippen LogP contribution >= 0.6 is 15.9 Å². The van der Waals surface area contributed by atoms with E-state index in [4.69, 9.17) is 4.74 Å². The Bertz CT molecular complexity index is 614. The van der Waals surface area contributed by atoms with Crippen molar-refractivity contribution < 1.29 is 4.74 Å². The van der Waals surface area contributed by atoms with Crippen molar-refractivity contribution in [1.82, 2.24) is 0 Å². The summed E-state index contributed by atoms with van der Waals surface area (Å²) in [6.07, 6.45) is 0. The van der Waals surface area contributed by atoms with E-state index in [1.165, 1.54) is 0 Å². The van der Waals surface area contributed by atoms with Gasteiger partial charge in [-0.25, -0.2) is 0 Å². The van der Waals surface area contributed by atoms with Gasteiger partial charge in [0.1, 0.15) is 11.4 Å². The number of anilines is 2. The van der Waals surface area contributed by atoms with Crippen molar-refractivity contribution in [3.05, 3.63) is 51.3 Å². The van der Waals surface area contributed by atoms with Crippen molar-refractivity contribution in [2.75, 3.05) is 12.4 Å². The average molecular weight is 321 g/mol. The Hall–Kier alpha value is -1.88. The number of nitrogens with zero attached hydrogens (tertiary/aromatic N) is 1. The lowest BCUT2D eigenvalue weighted by molar-refractivity contribution is 0.414. The molecule has 0 radical (unpaired) electrons. The smallest absolute Gasteiger partial charge is 0.131 e. The van der Waals surface area contributed by atoms with Crippen molar-refractivity contribution in [3.63, 3.8) is 0 Å². The molecule has 0 saturated heterocycles. The van der Waals surface area contributed by atoms with Gasteiger partial charge in [-0.05, 0) is 54.1 Å². The molecule has 0 aliphatic heterocycles. The molecule has 0 saturated carbocycles. The van der Waals surface area contributed by atoms with Crippen LogP contribution in [0.2, 0.25) is 0 Å². The molecule has 0 amide bonds. The van der Waals surface area contributed by atoms with E-state index in [9.17, 15) is 4.91 Å². The number of hydrogen-bond donors (Lipinski definition) is 1. The third-order valence-electron chi connectivity index (χ3n) is 2.76. The molecule has 0 spiro atoms. The second-order valence-corrected chi connectivity index (χ2v) is 4.97. The van der Waals surface area contributed by atoms with Crippen LogP contribution < -0.4 is 10.1 Å². The highest BCUT2D eigenvalue weighted by Crippen LogP contribution is 2.32. The van der Waals surface area contributed by atoms with Gasteiger partial charge in [0.25, 0.3) is 0 Å². The number of aryl methyl sites for hydroxylation is 1. The van der Waals surface area contributed by atoms with E-state index in [1.807, 2.05) is 31.2 Å². The predicted molar refractivity (Wildman–Crippen MR) is 80.6 cm³/mol. The van der Waals surface area contributed by atoms with Gasteiger partial charge in [-0.1, -0.05) is 15.9 Å². The van der Waals surface area contributed by atoms with Gasteiger partial charge in [0.05, 0.1) is 12.8 Å². The van der Waals surface area contributed by atoms with E-state index in [0.29, 0.717) is 11.4 Å². The molecule has 0 aromatic heterocycles. The molecular formula is C14H13BrN2O2. The minimum atomic E-state index is 0.374. The first-order chi connectivity index (χ1) is 9.13. The van der Waals surface area contributed by atoms with E-state index in [2.05, 4.69) is 26.4 Å². The highest BCUT2D eigenvalue weighted by molar-refractivity contribution is 9.10. The lowest BCUT2D eigenvalue weighted by Gasteiger charge is -2.12. The van der Waals surface area contributed by atoms with Crippen LogP contribution in [0.5, 0.6) is 5.75 Å². The van der Waals surface area contributed by atoms with E-state index < -0.39 is 0 Å². The number of ether oxygens (including phenoxy) is 1. The van der Waals surface area contributed by atoms with Crippen molar-refractivity contribution in [2.24, 2.45) is 5.18 Å². The number of hydrogen-bond acceptors (Lipinski definition) is 4. The number of halogens is 1.